The summed E-state index contributed by atoms with van der Waals surface area (Å²) in [6, 6.07) is 9.40. The van der Waals surface area contributed by atoms with Crippen molar-refractivity contribution in [1.82, 2.24) is 15.2 Å². The van der Waals surface area contributed by atoms with Crippen molar-refractivity contribution < 1.29 is 14.0 Å². The van der Waals surface area contributed by atoms with Crippen LogP contribution in [0.5, 0.6) is 0 Å². The Bertz CT molecular complexity index is 994. The lowest BCUT2D eigenvalue weighted by molar-refractivity contribution is -0.121. The Morgan fingerprint density at radius 3 is 2.52 bits per heavy atom. The highest BCUT2D eigenvalue weighted by molar-refractivity contribution is 5.94. The summed E-state index contributed by atoms with van der Waals surface area (Å²) in [7, 11) is 0. The Kier molecular flexibility index (Phi) is 7.25. The maximum Gasteiger partial charge on any atom is 0.252 e. The molecule has 7 heteroatoms. The standard InChI is InChI=1S/C24H30FN3O3/c1-24(2,19-10-6-7-11-20(19)25)16-26-21(29)15-28-14-17(12-13-22(28)30)23(31)27-18-8-4-3-5-9-18/h6-7,10-14,18H,3-5,8-9,15-16H2,1-2H3,(H,26,29)(H,27,31). The first kappa shape index (κ1) is 22.7. The van der Waals surface area contributed by atoms with Gasteiger partial charge in [-0.25, -0.2) is 4.39 Å². The molecule has 1 saturated carbocycles. The minimum absolute atomic E-state index is 0.158. The molecule has 0 unspecified atom stereocenters. The smallest absolute Gasteiger partial charge is 0.252 e. The maximum atomic E-state index is 14.1. The van der Waals surface area contributed by atoms with Crippen molar-refractivity contribution in [1.29, 1.82) is 0 Å². The van der Waals surface area contributed by atoms with E-state index in [9.17, 15) is 18.8 Å². The predicted octanol–water partition coefficient (Wildman–Crippen LogP) is 3.14. The van der Waals surface area contributed by atoms with Gasteiger partial charge in [-0.15, -0.1) is 0 Å². The zero-order valence-electron chi connectivity index (χ0n) is 18.1. The molecule has 3 rings (SSSR count). The fourth-order valence-electron chi connectivity index (χ4n) is 3.94. The molecule has 2 amide bonds. The Morgan fingerprint density at radius 1 is 1.10 bits per heavy atom. The summed E-state index contributed by atoms with van der Waals surface area (Å²) in [5.41, 5.74) is -0.121. The van der Waals surface area contributed by atoms with Crippen molar-refractivity contribution in [3.63, 3.8) is 0 Å². The third-order valence-electron chi connectivity index (χ3n) is 5.83. The van der Waals surface area contributed by atoms with E-state index in [2.05, 4.69) is 10.6 Å². The van der Waals surface area contributed by atoms with Crippen LogP contribution in [0.25, 0.3) is 0 Å². The summed E-state index contributed by atoms with van der Waals surface area (Å²) in [6.07, 6.45) is 6.75. The minimum atomic E-state index is -0.617. The van der Waals surface area contributed by atoms with Crippen LogP contribution < -0.4 is 16.2 Å². The fraction of sp³-hybridized carbons (Fsp3) is 0.458. The van der Waals surface area contributed by atoms with Gasteiger partial charge in [-0.3, -0.25) is 14.4 Å². The van der Waals surface area contributed by atoms with Gasteiger partial charge >= 0.3 is 0 Å². The maximum absolute atomic E-state index is 14.1. The molecule has 166 valence electrons. The Hall–Kier alpha value is -2.96. The van der Waals surface area contributed by atoms with Gasteiger partial charge in [-0.05, 0) is 30.5 Å². The minimum Gasteiger partial charge on any atom is -0.354 e. The molecule has 1 aromatic carbocycles. The first-order valence-corrected chi connectivity index (χ1v) is 10.8. The summed E-state index contributed by atoms with van der Waals surface area (Å²) < 4.78 is 15.3. The average Bonchev–Trinajstić information content (AvgIpc) is 2.75. The normalized spacial score (nSPS) is 14.8. The summed E-state index contributed by atoms with van der Waals surface area (Å²) >= 11 is 0. The topological polar surface area (TPSA) is 80.2 Å². The van der Waals surface area contributed by atoms with Crippen LogP contribution in [0, 0.1) is 5.82 Å². The highest BCUT2D eigenvalue weighted by Crippen LogP contribution is 2.24. The molecule has 2 aromatic rings. The molecule has 2 N–H and O–H groups in total. The molecule has 0 saturated heterocycles. The van der Waals surface area contributed by atoms with Crippen LogP contribution in [0.3, 0.4) is 0 Å². The zero-order chi connectivity index (χ0) is 22.4. The Labute approximate surface area is 181 Å². The number of pyridine rings is 1. The van der Waals surface area contributed by atoms with Gasteiger partial charge in [0, 0.05) is 30.3 Å². The Morgan fingerprint density at radius 2 is 1.81 bits per heavy atom. The van der Waals surface area contributed by atoms with E-state index in [0.29, 0.717) is 11.1 Å². The largest absolute Gasteiger partial charge is 0.354 e. The van der Waals surface area contributed by atoms with E-state index in [-0.39, 0.29) is 42.3 Å². The van der Waals surface area contributed by atoms with Crippen molar-refractivity contribution in [3.8, 4) is 0 Å². The van der Waals surface area contributed by atoms with Gasteiger partial charge in [0.05, 0.1) is 5.56 Å². The number of benzene rings is 1. The van der Waals surface area contributed by atoms with Crippen molar-refractivity contribution >= 4 is 11.8 Å². The third kappa shape index (κ3) is 6.03. The van der Waals surface area contributed by atoms with Crippen molar-refractivity contribution in [3.05, 3.63) is 69.9 Å². The average molecular weight is 428 g/mol. The van der Waals surface area contributed by atoms with Gasteiger partial charge in [0.25, 0.3) is 11.5 Å². The highest BCUT2D eigenvalue weighted by Gasteiger charge is 2.24. The molecule has 1 aliphatic carbocycles. The lowest BCUT2D eigenvalue weighted by Crippen LogP contribution is -2.40. The molecule has 0 bridgehead atoms. The number of aromatic nitrogens is 1. The van der Waals surface area contributed by atoms with Gasteiger partial charge in [0.2, 0.25) is 5.91 Å². The molecule has 1 aromatic heterocycles. The number of rotatable bonds is 7. The number of carbonyl (C=O) groups is 2. The molecule has 31 heavy (non-hydrogen) atoms. The summed E-state index contributed by atoms with van der Waals surface area (Å²) in [6.45, 7) is 3.68. The van der Waals surface area contributed by atoms with Crippen LogP contribution >= 0.6 is 0 Å². The van der Waals surface area contributed by atoms with E-state index < -0.39 is 5.41 Å². The summed E-state index contributed by atoms with van der Waals surface area (Å²) in [4.78, 5) is 37.2. The molecule has 0 spiro atoms. The molecule has 1 aliphatic rings. The van der Waals surface area contributed by atoms with Crippen LogP contribution in [-0.2, 0) is 16.8 Å². The number of nitrogens with zero attached hydrogens (tertiary/aromatic N) is 1. The SMILES string of the molecule is CC(C)(CNC(=O)Cn1cc(C(=O)NC2CCCCC2)ccc1=O)c1ccccc1F. The van der Waals surface area contributed by atoms with E-state index >= 15 is 0 Å². The van der Waals surface area contributed by atoms with Crippen LogP contribution in [-0.4, -0.2) is 29.0 Å². The number of hydrogen-bond donors (Lipinski definition) is 2. The molecule has 0 aliphatic heterocycles. The number of carbonyl (C=O) groups excluding carboxylic acids is 2. The van der Waals surface area contributed by atoms with Crippen LogP contribution in [0.2, 0.25) is 0 Å². The lowest BCUT2D eigenvalue weighted by Gasteiger charge is -2.26. The van der Waals surface area contributed by atoms with Crippen molar-refractivity contribution in [2.75, 3.05) is 6.54 Å². The van der Waals surface area contributed by atoms with E-state index in [1.165, 1.54) is 35.4 Å². The van der Waals surface area contributed by atoms with Gasteiger partial charge in [-0.2, -0.15) is 0 Å². The molecule has 6 nitrogen and oxygen atoms in total. The van der Waals surface area contributed by atoms with Crippen molar-refractivity contribution in [2.24, 2.45) is 0 Å². The lowest BCUT2D eigenvalue weighted by atomic mass is 9.84. The summed E-state index contributed by atoms with van der Waals surface area (Å²) in [5, 5.41) is 5.79. The number of halogens is 1. The van der Waals surface area contributed by atoms with Crippen molar-refractivity contribution in [2.45, 2.75) is 64.0 Å². The second-order valence-corrected chi connectivity index (χ2v) is 8.83. The number of nitrogens with one attached hydrogen (secondary N) is 2. The second kappa shape index (κ2) is 9.90. The molecular formula is C24H30FN3O3. The molecular weight excluding hydrogens is 397 g/mol. The highest BCUT2D eigenvalue weighted by atomic mass is 19.1. The number of amides is 2. The summed E-state index contributed by atoms with van der Waals surface area (Å²) in [5.74, 6) is -0.937. The fourth-order valence-corrected chi connectivity index (χ4v) is 3.94. The molecule has 1 heterocycles. The van der Waals surface area contributed by atoms with Crippen LogP contribution in [0.15, 0.2) is 47.4 Å². The van der Waals surface area contributed by atoms with Crippen LogP contribution in [0.4, 0.5) is 4.39 Å². The van der Waals surface area contributed by atoms with E-state index in [4.69, 9.17) is 0 Å². The first-order valence-electron chi connectivity index (χ1n) is 10.8. The van der Waals surface area contributed by atoms with Gasteiger partial charge in [0.15, 0.2) is 0 Å². The molecule has 0 radical (unpaired) electrons. The van der Waals surface area contributed by atoms with Gasteiger partial charge in [0.1, 0.15) is 12.4 Å². The predicted molar refractivity (Wildman–Crippen MR) is 117 cm³/mol. The first-order chi connectivity index (χ1) is 14.8. The number of hydrogen-bond acceptors (Lipinski definition) is 3. The molecule has 0 atom stereocenters. The Balaban J connectivity index is 1.61. The second-order valence-electron chi connectivity index (χ2n) is 8.83. The van der Waals surface area contributed by atoms with E-state index in [0.717, 1.165) is 25.7 Å². The third-order valence-corrected chi connectivity index (χ3v) is 5.83. The van der Waals surface area contributed by atoms with E-state index in [1.807, 2.05) is 13.8 Å². The molecule has 1 fully saturated rings. The van der Waals surface area contributed by atoms with Gasteiger partial charge in [-0.1, -0.05) is 51.3 Å². The monoisotopic (exact) mass is 427 g/mol. The van der Waals surface area contributed by atoms with E-state index in [1.54, 1.807) is 18.2 Å². The van der Waals surface area contributed by atoms with Crippen LogP contribution in [0.1, 0.15) is 61.9 Å². The zero-order valence-corrected chi connectivity index (χ0v) is 18.1. The van der Waals surface area contributed by atoms with Gasteiger partial charge < -0.3 is 15.2 Å². The quantitative estimate of drug-likeness (QED) is 0.712.